The number of aromatic nitrogens is 2. The van der Waals surface area contributed by atoms with E-state index in [4.69, 9.17) is 32.4 Å². The maximum absolute atomic E-state index is 5.93. The molecule has 1 aromatic heterocycles. The summed E-state index contributed by atoms with van der Waals surface area (Å²) in [5.74, 6) is 1.23. The number of ether oxygens (including phenoxy) is 2. The summed E-state index contributed by atoms with van der Waals surface area (Å²) in [6.45, 7) is 1.87. The smallest absolute Gasteiger partial charge is 0.243 e. The summed E-state index contributed by atoms with van der Waals surface area (Å²) in [7, 11) is 2.00. The Kier molecular flexibility index (Phi) is 8.06. The highest BCUT2D eigenvalue weighted by molar-refractivity contribution is 5.60. The molecule has 0 unspecified atom stereocenters. The van der Waals surface area contributed by atoms with Crippen molar-refractivity contribution in [3.63, 3.8) is 0 Å². The number of nitrogens with zero attached hydrogens (tertiary/aromatic N) is 2. The number of nitrogens with two attached hydrogens (primary N) is 4. The second-order valence-electron chi connectivity index (χ2n) is 6.99. The minimum Gasteiger partial charge on any atom is -1.00 e. The summed E-state index contributed by atoms with van der Waals surface area (Å²) in [6, 6.07) is 10.5. The second kappa shape index (κ2) is 10.5. The Morgan fingerprint density at radius 1 is 0.867 bits per heavy atom. The van der Waals surface area contributed by atoms with Crippen molar-refractivity contribution in [2.45, 2.75) is 19.4 Å². The van der Waals surface area contributed by atoms with Crippen molar-refractivity contribution in [2.24, 2.45) is 7.05 Å². The minimum atomic E-state index is 0. The molecular weight excluding hydrogens is 404 g/mol. The van der Waals surface area contributed by atoms with Gasteiger partial charge < -0.3 is 44.8 Å². The fourth-order valence-corrected chi connectivity index (χ4v) is 3.08. The maximum Gasteiger partial charge on any atom is 0.243 e. The molecule has 9 heteroatoms. The molecule has 2 aromatic carbocycles. The first kappa shape index (κ1) is 23.0. The average molecular weight is 433 g/mol. The van der Waals surface area contributed by atoms with Crippen molar-refractivity contribution >= 4 is 22.7 Å². The summed E-state index contributed by atoms with van der Waals surface area (Å²) in [4.78, 5) is 0. The number of nitrogen functional groups attached to an aromatic ring is 4. The van der Waals surface area contributed by atoms with E-state index in [9.17, 15) is 0 Å². The van der Waals surface area contributed by atoms with Gasteiger partial charge in [-0.15, -0.1) is 0 Å². The number of halogens is 1. The third-order valence-corrected chi connectivity index (χ3v) is 4.54. The van der Waals surface area contributed by atoms with E-state index >= 15 is 0 Å². The Hall–Kier alpha value is -3.26. The number of imidazole rings is 1. The highest BCUT2D eigenvalue weighted by Crippen LogP contribution is 2.25. The van der Waals surface area contributed by atoms with Gasteiger partial charge in [0, 0.05) is 36.3 Å². The lowest BCUT2D eigenvalue weighted by Gasteiger charge is -2.10. The normalized spacial score (nSPS) is 10.4. The molecule has 3 aromatic rings. The molecule has 162 valence electrons. The zero-order valence-corrected chi connectivity index (χ0v) is 17.8. The standard InChI is InChI=1S/C21H29N6O2.ClH/c1-26-13-17(7-10-29-21-12-16(23)4-6-19(21)25)27(14-26)8-2-9-28-20-11-15(22)3-5-18(20)24;/h3-6,11-14H,2,7-10,22-25H2,1H3;1H/q+1;/p-1. The van der Waals surface area contributed by atoms with Crippen molar-refractivity contribution in [2.75, 3.05) is 36.1 Å². The number of benzene rings is 2. The van der Waals surface area contributed by atoms with Gasteiger partial charge in [-0.05, 0) is 24.3 Å². The molecule has 0 spiro atoms. The van der Waals surface area contributed by atoms with Crippen molar-refractivity contribution in [1.29, 1.82) is 0 Å². The molecule has 8 nitrogen and oxygen atoms in total. The van der Waals surface area contributed by atoms with Gasteiger partial charge in [0.2, 0.25) is 6.33 Å². The van der Waals surface area contributed by atoms with Crippen LogP contribution in [0.4, 0.5) is 22.7 Å². The summed E-state index contributed by atoms with van der Waals surface area (Å²) in [5.41, 5.74) is 27.0. The van der Waals surface area contributed by atoms with Gasteiger partial charge in [0.15, 0.2) is 0 Å². The molecule has 30 heavy (non-hydrogen) atoms. The first-order valence-corrected chi connectivity index (χ1v) is 9.52. The van der Waals surface area contributed by atoms with Gasteiger partial charge in [0.05, 0.1) is 38.2 Å². The Morgan fingerprint density at radius 3 is 2.03 bits per heavy atom. The van der Waals surface area contributed by atoms with Crippen molar-refractivity contribution < 1.29 is 26.4 Å². The highest BCUT2D eigenvalue weighted by atomic mass is 35.5. The fraction of sp³-hybridized carbons (Fsp3) is 0.286. The van der Waals surface area contributed by atoms with Gasteiger partial charge in [-0.3, -0.25) is 0 Å². The number of hydrogen-bond acceptors (Lipinski definition) is 6. The van der Waals surface area contributed by atoms with Gasteiger partial charge in [-0.2, -0.15) is 0 Å². The lowest BCUT2D eigenvalue weighted by atomic mass is 10.2. The predicted octanol–water partition coefficient (Wildman–Crippen LogP) is -1.26. The molecule has 1 heterocycles. The fourth-order valence-electron chi connectivity index (χ4n) is 3.08. The second-order valence-corrected chi connectivity index (χ2v) is 6.99. The Balaban J connectivity index is 0.00000320. The summed E-state index contributed by atoms with van der Waals surface area (Å²) < 4.78 is 15.8. The van der Waals surface area contributed by atoms with Crippen molar-refractivity contribution in [3.8, 4) is 11.5 Å². The SMILES string of the molecule is C[n+]1cc(CCOc2cc(N)ccc2N)n(CCCOc2cc(N)ccc2N)c1.[Cl-]. The maximum atomic E-state index is 5.93. The molecule has 0 aliphatic rings. The van der Waals surface area contributed by atoms with E-state index in [1.165, 1.54) is 5.69 Å². The molecule has 0 amide bonds. The largest absolute Gasteiger partial charge is 1.00 e. The van der Waals surface area contributed by atoms with E-state index in [2.05, 4.69) is 17.1 Å². The molecule has 8 N–H and O–H groups in total. The van der Waals surface area contributed by atoms with E-state index in [-0.39, 0.29) is 12.4 Å². The van der Waals surface area contributed by atoms with Crippen molar-refractivity contribution in [3.05, 3.63) is 54.6 Å². The summed E-state index contributed by atoms with van der Waals surface area (Å²) in [6.07, 6.45) is 5.72. The van der Waals surface area contributed by atoms with Gasteiger partial charge >= 0.3 is 0 Å². The van der Waals surface area contributed by atoms with Gasteiger partial charge in [0.1, 0.15) is 23.4 Å². The van der Waals surface area contributed by atoms with Crippen LogP contribution in [0.5, 0.6) is 11.5 Å². The zero-order valence-electron chi connectivity index (χ0n) is 17.1. The lowest BCUT2D eigenvalue weighted by molar-refractivity contribution is -0.671. The highest BCUT2D eigenvalue weighted by Gasteiger charge is 2.12. The van der Waals surface area contributed by atoms with E-state index in [1.807, 2.05) is 11.6 Å². The van der Waals surface area contributed by atoms with Crippen LogP contribution in [0.25, 0.3) is 0 Å². The molecule has 0 atom stereocenters. The van der Waals surface area contributed by atoms with Gasteiger partial charge in [-0.1, -0.05) is 0 Å². The van der Waals surface area contributed by atoms with E-state index < -0.39 is 0 Å². The molecule has 0 aliphatic heterocycles. The van der Waals surface area contributed by atoms with E-state index in [0.29, 0.717) is 47.5 Å². The van der Waals surface area contributed by atoms with Crippen LogP contribution >= 0.6 is 0 Å². The number of aryl methyl sites for hydroxylation is 2. The van der Waals surface area contributed by atoms with E-state index in [1.54, 1.807) is 36.4 Å². The van der Waals surface area contributed by atoms with Crippen LogP contribution in [0.2, 0.25) is 0 Å². The van der Waals surface area contributed by atoms with Crippen LogP contribution < -0.4 is 49.4 Å². The average Bonchev–Trinajstić information content (AvgIpc) is 3.03. The van der Waals surface area contributed by atoms with Crippen LogP contribution in [-0.4, -0.2) is 17.8 Å². The molecule has 0 saturated heterocycles. The van der Waals surface area contributed by atoms with Crippen LogP contribution in [-0.2, 0) is 20.0 Å². The van der Waals surface area contributed by atoms with Crippen LogP contribution in [0.1, 0.15) is 12.1 Å². The molecule has 0 saturated carbocycles. The van der Waals surface area contributed by atoms with Crippen LogP contribution in [0, 0.1) is 0 Å². The van der Waals surface area contributed by atoms with Crippen LogP contribution in [0.15, 0.2) is 48.9 Å². The molecular formula is C21H29ClN6O2. The Labute approximate surface area is 182 Å². The molecule has 0 bridgehead atoms. The van der Waals surface area contributed by atoms with Gasteiger partial charge in [-0.25, -0.2) is 9.13 Å². The Morgan fingerprint density at radius 2 is 1.43 bits per heavy atom. The summed E-state index contributed by atoms with van der Waals surface area (Å²) >= 11 is 0. The predicted molar refractivity (Wildman–Crippen MR) is 115 cm³/mol. The minimum absolute atomic E-state index is 0. The molecule has 0 aliphatic carbocycles. The molecule has 0 fully saturated rings. The molecule has 3 rings (SSSR count). The topological polar surface area (TPSA) is 131 Å². The first-order chi connectivity index (χ1) is 13.9. The molecule has 0 radical (unpaired) electrons. The summed E-state index contributed by atoms with van der Waals surface area (Å²) in [5, 5.41) is 0. The number of hydrogen-bond donors (Lipinski definition) is 4. The zero-order chi connectivity index (χ0) is 20.8. The third kappa shape index (κ3) is 6.12. The van der Waals surface area contributed by atoms with Crippen LogP contribution in [0.3, 0.4) is 0 Å². The van der Waals surface area contributed by atoms with Crippen molar-refractivity contribution in [1.82, 2.24) is 4.57 Å². The number of rotatable bonds is 9. The monoisotopic (exact) mass is 432 g/mol. The number of anilines is 4. The van der Waals surface area contributed by atoms with E-state index in [0.717, 1.165) is 19.4 Å². The lowest BCUT2D eigenvalue weighted by Crippen LogP contribution is -3.00. The first-order valence-electron chi connectivity index (χ1n) is 9.52. The third-order valence-electron chi connectivity index (χ3n) is 4.54. The van der Waals surface area contributed by atoms with Gasteiger partial charge in [0.25, 0.3) is 0 Å². The Bertz CT molecular complexity index is 976. The quantitative estimate of drug-likeness (QED) is 0.189.